The SMILES string of the molecule is CC(C)(C)OCCOC(=O)c1cc(Cl)ncc1[N+](=O)[O-]. The second-order valence-corrected chi connectivity index (χ2v) is 5.27. The first kappa shape index (κ1) is 16.3. The maximum absolute atomic E-state index is 11.8. The average Bonchev–Trinajstić information content (AvgIpc) is 2.32. The van der Waals surface area contributed by atoms with Crippen molar-refractivity contribution in [2.45, 2.75) is 26.4 Å². The van der Waals surface area contributed by atoms with Gasteiger partial charge in [0.25, 0.3) is 0 Å². The zero-order valence-electron chi connectivity index (χ0n) is 11.4. The Morgan fingerprint density at radius 2 is 2.10 bits per heavy atom. The van der Waals surface area contributed by atoms with E-state index in [1.54, 1.807) is 0 Å². The summed E-state index contributed by atoms with van der Waals surface area (Å²) < 4.78 is 10.3. The molecular formula is C12H15ClN2O5. The number of ether oxygens (including phenoxy) is 2. The first-order valence-corrected chi connectivity index (χ1v) is 6.19. The van der Waals surface area contributed by atoms with Crippen LogP contribution in [0.5, 0.6) is 0 Å². The minimum absolute atomic E-state index is 0.00675. The van der Waals surface area contributed by atoms with E-state index >= 15 is 0 Å². The van der Waals surface area contributed by atoms with Crippen LogP contribution in [0.4, 0.5) is 5.69 Å². The first-order chi connectivity index (χ1) is 9.20. The summed E-state index contributed by atoms with van der Waals surface area (Å²) >= 11 is 5.62. The van der Waals surface area contributed by atoms with Crippen molar-refractivity contribution < 1.29 is 19.2 Å². The van der Waals surface area contributed by atoms with Crippen LogP contribution in [0, 0.1) is 10.1 Å². The van der Waals surface area contributed by atoms with Gasteiger partial charge in [-0.2, -0.15) is 0 Å². The molecule has 7 nitrogen and oxygen atoms in total. The highest BCUT2D eigenvalue weighted by molar-refractivity contribution is 6.29. The standard InChI is InChI=1S/C12H15ClN2O5/c1-12(2,3)20-5-4-19-11(16)8-6-10(13)14-7-9(8)15(17)18/h6-7H,4-5H2,1-3H3. The third kappa shape index (κ3) is 5.10. The molecule has 0 saturated carbocycles. The van der Waals surface area contributed by atoms with Gasteiger partial charge in [-0.3, -0.25) is 10.1 Å². The number of hydrogen-bond donors (Lipinski definition) is 0. The number of pyridine rings is 1. The molecule has 0 aliphatic heterocycles. The smallest absolute Gasteiger partial charge is 0.345 e. The summed E-state index contributed by atoms with van der Waals surface area (Å²) in [6.07, 6.45) is 0.921. The summed E-state index contributed by atoms with van der Waals surface area (Å²) in [5, 5.41) is 10.8. The minimum Gasteiger partial charge on any atom is -0.459 e. The maximum atomic E-state index is 11.8. The molecule has 110 valence electrons. The summed E-state index contributed by atoms with van der Waals surface area (Å²) in [6, 6.07) is 1.10. The predicted octanol–water partition coefficient (Wildman–Crippen LogP) is 2.62. The zero-order chi connectivity index (χ0) is 15.3. The molecule has 0 aliphatic rings. The molecule has 0 fully saturated rings. The number of rotatable bonds is 5. The van der Waals surface area contributed by atoms with Crippen LogP contribution in [0.15, 0.2) is 12.3 Å². The van der Waals surface area contributed by atoms with E-state index < -0.39 is 16.6 Å². The number of carbonyl (C=O) groups is 1. The summed E-state index contributed by atoms with van der Waals surface area (Å²) in [5.74, 6) is -0.835. The molecule has 1 aromatic heterocycles. The predicted molar refractivity (Wildman–Crippen MR) is 71.9 cm³/mol. The number of aromatic nitrogens is 1. The third-order valence-electron chi connectivity index (χ3n) is 2.12. The average molecular weight is 303 g/mol. The van der Waals surface area contributed by atoms with Gasteiger partial charge >= 0.3 is 11.7 Å². The third-order valence-corrected chi connectivity index (χ3v) is 2.32. The van der Waals surface area contributed by atoms with Gasteiger partial charge in [0.05, 0.1) is 17.1 Å². The molecule has 1 heterocycles. The molecule has 0 aliphatic carbocycles. The van der Waals surface area contributed by atoms with Gasteiger partial charge < -0.3 is 9.47 Å². The largest absolute Gasteiger partial charge is 0.459 e. The van der Waals surface area contributed by atoms with Crippen LogP contribution in [0.2, 0.25) is 5.15 Å². The molecule has 0 N–H and O–H groups in total. The second-order valence-electron chi connectivity index (χ2n) is 4.88. The Bertz CT molecular complexity index is 513. The molecule has 0 spiro atoms. The first-order valence-electron chi connectivity index (χ1n) is 5.82. The van der Waals surface area contributed by atoms with Crippen LogP contribution in [0.1, 0.15) is 31.1 Å². The Morgan fingerprint density at radius 3 is 2.65 bits per heavy atom. The Morgan fingerprint density at radius 1 is 1.45 bits per heavy atom. The highest BCUT2D eigenvalue weighted by Crippen LogP contribution is 2.21. The van der Waals surface area contributed by atoms with Gasteiger partial charge in [0.15, 0.2) is 0 Å². The van der Waals surface area contributed by atoms with Crippen LogP contribution in [-0.2, 0) is 9.47 Å². The fraction of sp³-hybridized carbons (Fsp3) is 0.500. The summed E-state index contributed by atoms with van der Waals surface area (Å²) in [5.41, 5.74) is -1.03. The van der Waals surface area contributed by atoms with Crippen molar-refractivity contribution in [3.8, 4) is 0 Å². The van der Waals surface area contributed by atoms with Crippen molar-refractivity contribution in [2.75, 3.05) is 13.2 Å². The maximum Gasteiger partial charge on any atom is 0.345 e. The zero-order valence-corrected chi connectivity index (χ0v) is 12.1. The van der Waals surface area contributed by atoms with Crippen LogP contribution in [0.3, 0.4) is 0 Å². The Hall–Kier alpha value is -1.73. The topological polar surface area (TPSA) is 91.6 Å². The van der Waals surface area contributed by atoms with Gasteiger partial charge in [0.1, 0.15) is 23.5 Å². The van der Waals surface area contributed by atoms with Gasteiger partial charge in [-0.1, -0.05) is 11.6 Å². The molecule has 0 aromatic carbocycles. The van der Waals surface area contributed by atoms with E-state index in [9.17, 15) is 14.9 Å². The molecule has 0 unspecified atom stereocenters. The highest BCUT2D eigenvalue weighted by atomic mass is 35.5. The lowest BCUT2D eigenvalue weighted by atomic mass is 10.2. The molecule has 0 atom stereocenters. The van der Waals surface area contributed by atoms with Gasteiger partial charge in [-0.15, -0.1) is 0 Å². The monoisotopic (exact) mass is 302 g/mol. The molecule has 0 amide bonds. The van der Waals surface area contributed by atoms with E-state index in [1.807, 2.05) is 20.8 Å². The fourth-order valence-electron chi connectivity index (χ4n) is 1.29. The van der Waals surface area contributed by atoms with Gasteiger partial charge in [0, 0.05) is 0 Å². The van der Waals surface area contributed by atoms with Gasteiger partial charge in [0.2, 0.25) is 0 Å². The molecule has 0 bridgehead atoms. The van der Waals surface area contributed by atoms with E-state index in [1.165, 1.54) is 0 Å². The summed E-state index contributed by atoms with van der Waals surface area (Å²) in [6.45, 7) is 5.78. The Labute approximate surface area is 121 Å². The van der Waals surface area contributed by atoms with Crippen molar-refractivity contribution in [3.05, 3.63) is 33.1 Å². The number of esters is 1. The van der Waals surface area contributed by atoms with E-state index in [0.29, 0.717) is 0 Å². The fourth-order valence-corrected chi connectivity index (χ4v) is 1.45. The summed E-state index contributed by atoms with van der Waals surface area (Å²) in [4.78, 5) is 25.4. The lowest BCUT2D eigenvalue weighted by molar-refractivity contribution is -0.385. The Kier molecular flexibility index (Phi) is 5.41. The molecule has 8 heteroatoms. The molecular weight excluding hydrogens is 288 g/mol. The van der Waals surface area contributed by atoms with E-state index in [4.69, 9.17) is 21.1 Å². The molecule has 0 saturated heterocycles. The lowest BCUT2D eigenvalue weighted by Gasteiger charge is -2.19. The minimum atomic E-state index is -0.835. The van der Waals surface area contributed by atoms with E-state index in [-0.39, 0.29) is 29.5 Å². The van der Waals surface area contributed by atoms with Crippen LogP contribution in [0.25, 0.3) is 0 Å². The summed E-state index contributed by atoms with van der Waals surface area (Å²) in [7, 11) is 0. The van der Waals surface area contributed by atoms with Crippen LogP contribution in [-0.4, -0.2) is 34.7 Å². The van der Waals surface area contributed by atoms with Crippen molar-refractivity contribution in [1.82, 2.24) is 4.98 Å². The highest BCUT2D eigenvalue weighted by Gasteiger charge is 2.22. The number of nitro groups is 1. The van der Waals surface area contributed by atoms with Crippen molar-refractivity contribution in [1.29, 1.82) is 0 Å². The van der Waals surface area contributed by atoms with Crippen LogP contribution >= 0.6 is 11.6 Å². The second kappa shape index (κ2) is 6.62. The normalized spacial score (nSPS) is 11.2. The van der Waals surface area contributed by atoms with Crippen molar-refractivity contribution >= 4 is 23.3 Å². The van der Waals surface area contributed by atoms with E-state index in [0.717, 1.165) is 12.3 Å². The molecule has 0 radical (unpaired) electrons. The van der Waals surface area contributed by atoms with E-state index in [2.05, 4.69) is 4.98 Å². The number of carbonyl (C=O) groups excluding carboxylic acids is 1. The number of nitrogens with zero attached hydrogens (tertiary/aromatic N) is 2. The molecule has 1 rings (SSSR count). The molecule has 20 heavy (non-hydrogen) atoms. The lowest BCUT2D eigenvalue weighted by Crippen LogP contribution is -2.22. The van der Waals surface area contributed by atoms with Crippen molar-refractivity contribution in [3.63, 3.8) is 0 Å². The van der Waals surface area contributed by atoms with Gasteiger partial charge in [-0.05, 0) is 26.8 Å². The number of halogens is 1. The molecule has 1 aromatic rings. The quantitative estimate of drug-likeness (QED) is 0.273. The number of hydrogen-bond acceptors (Lipinski definition) is 6. The van der Waals surface area contributed by atoms with Crippen LogP contribution < -0.4 is 0 Å². The van der Waals surface area contributed by atoms with Gasteiger partial charge in [-0.25, -0.2) is 9.78 Å². The van der Waals surface area contributed by atoms with Crippen molar-refractivity contribution in [2.24, 2.45) is 0 Å². The Balaban J connectivity index is 2.68.